The molecule has 1 aromatic heterocycles. The molecule has 5 nitrogen and oxygen atoms in total. The van der Waals surface area contributed by atoms with Crippen LogP contribution in [0.4, 0.5) is 5.82 Å². The van der Waals surface area contributed by atoms with Crippen molar-refractivity contribution in [2.24, 2.45) is 5.92 Å². The van der Waals surface area contributed by atoms with Crippen molar-refractivity contribution in [3.05, 3.63) is 17.8 Å². The van der Waals surface area contributed by atoms with Crippen LogP contribution in [0.1, 0.15) is 65.0 Å². The van der Waals surface area contributed by atoms with E-state index in [0.29, 0.717) is 5.91 Å². The summed E-state index contributed by atoms with van der Waals surface area (Å²) >= 11 is 0. The van der Waals surface area contributed by atoms with E-state index in [1.807, 2.05) is 0 Å². The summed E-state index contributed by atoms with van der Waals surface area (Å²) < 4.78 is 0. The third-order valence-corrected chi connectivity index (χ3v) is 5.50. The number of piperidine rings is 1. The Balaban J connectivity index is 1.55. The lowest BCUT2D eigenvalue weighted by molar-refractivity contribution is -0.136. The van der Waals surface area contributed by atoms with E-state index >= 15 is 0 Å². The van der Waals surface area contributed by atoms with Gasteiger partial charge in [0.15, 0.2) is 5.82 Å². The molecule has 2 fully saturated rings. The molecule has 0 atom stereocenters. The molecule has 5 heteroatoms. The number of rotatable bonds is 2. The number of carbonyl (C=O) groups excluding carboxylic acids is 1. The number of likely N-dealkylation sites (tertiary alicyclic amines) is 1. The van der Waals surface area contributed by atoms with Gasteiger partial charge in [-0.1, -0.05) is 33.6 Å². The summed E-state index contributed by atoms with van der Waals surface area (Å²) in [6, 6.07) is 4.15. The highest BCUT2D eigenvalue weighted by molar-refractivity contribution is 5.79. The highest BCUT2D eigenvalue weighted by Gasteiger charge is 2.29. The second-order valence-corrected chi connectivity index (χ2v) is 8.53. The maximum absolute atomic E-state index is 12.8. The van der Waals surface area contributed by atoms with Crippen LogP contribution < -0.4 is 4.90 Å². The predicted molar refractivity (Wildman–Crippen MR) is 101 cm³/mol. The van der Waals surface area contributed by atoms with E-state index in [-0.39, 0.29) is 11.3 Å². The molecular formula is C20H32N4O. The summed E-state index contributed by atoms with van der Waals surface area (Å²) in [5, 5.41) is 8.82. The zero-order valence-electron chi connectivity index (χ0n) is 16.0. The topological polar surface area (TPSA) is 49.3 Å². The quantitative estimate of drug-likeness (QED) is 0.825. The first-order chi connectivity index (χ1) is 11.9. The first-order valence-electron chi connectivity index (χ1n) is 9.83. The Bertz CT molecular complexity index is 562. The maximum atomic E-state index is 12.8. The number of anilines is 1. The largest absolute Gasteiger partial charge is 0.355 e. The van der Waals surface area contributed by atoms with Crippen molar-refractivity contribution >= 4 is 11.7 Å². The Hall–Kier alpha value is -1.65. The van der Waals surface area contributed by atoms with Crippen molar-refractivity contribution in [1.29, 1.82) is 0 Å². The van der Waals surface area contributed by atoms with Gasteiger partial charge in [-0.05, 0) is 37.8 Å². The van der Waals surface area contributed by atoms with Crippen molar-refractivity contribution in [2.75, 3.05) is 31.1 Å². The minimum Gasteiger partial charge on any atom is -0.355 e. The maximum Gasteiger partial charge on any atom is 0.225 e. The van der Waals surface area contributed by atoms with E-state index in [1.165, 1.54) is 25.7 Å². The van der Waals surface area contributed by atoms with E-state index < -0.39 is 0 Å². The molecule has 0 radical (unpaired) electrons. The molecule has 0 aromatic carbocycles. The first kappa shape index (κ1) is 18.2. The summed E-state index contributed by atoms with van der Waals surface area (Å²) in [6.45, 7) is 10.2. The Labute approximate surface area is 151 Å². The lowest BCUT2D eigenvalue weighted by atomic mass is 9.92. The van der Waals surface area contributed by atoms with Gasteiger partial charge >= 0.3 is 0 Å². The molecule has 0 spiro atoms. The van der Waals surface area contributed by atoms with Crippen LogP contribution in [0.3, 0.4) is 0 Å². The smallest absolute Gasteiger partial charge is 0.225 e. The monoisotopic (exact) mass is 344 g/mol. The molecule has 0 bridgehead atoms. The SMILES string of the molecule is CC(C)(C)c1ccc(N2CCC(C(=O)N3CCCCCC3)CC2)nn1. The molecule has 3 heterocycles. The normalized spacial score (nSPS) is 20.4. The highest BCUT2D eigenvalue weighted by atomic mass is 16.2. The Morgan fingerprint density at radius 1 is 0.960 bits per heavy atom. The molecule has 2 aliphatic rings. The number of amides is 1. The standard InChI is InChI=1S/C20H32N4O/c1-20(2,3)17-8-9-18(22-21-17)23-14-10-16(11-15-23)19(25)24-12-6-4-5-7-13-24/h8-9,16H,4-7,10-15H2,1-3H3. The van der Waals surface area contributed by atoms with Crippen molar-refractivity contribution < 1.29 is 4.79 Å². The Morgan fingerprint density at radius 3 is 2.12 bits per heavy atom. The number of aromatic nitrogens is 2. The first-order valence-corrected chi connectivity index (χ1v) is 9.83. The second kappa shape index (κ2) is 7.71. The number of nitrogens with zero attached hydrogens (tertiary/aromatic N) is 4. The fourth-order valence-corrected chi connectivity index (χ4v) is 3.80. The predicted octanol–water partition coefficient (Wildman–Crippen LogP) is 3.39. The van der Waals surface area contributed by atoms with Gasteiger partial charge in [-0.25, -0.2) is 0 Å². The Kier molecular flexibility index (Phi) is 5.60. The van der Waals surface area contributed by atoms with E-state index in [9.17, 15) is 4.79 Å². The molecule has 25 heavy (non-hydrogen) atoms. The van der Waals surface area contributed by atoms with Crippen LogP contribution in [0.5, 0.6) is 0 Å². The summed E-state index contributed by atoms with van der Waals surface area (Å²) in [4.78, 5) is 17.2. The van der Waals surface area contributed by atoms with E-state index in [4.69, 9.17) is 0 Å². The zero-order valence-corrected chi connectivity index (χ0v) is 16.0. The van der Waals surface area contributed by atoms with Crippen LogP contribution in [0.25, 0.3) is 0 Å². The highest BCUT2D eigenvalue weighted by Crippen LogP contribution is 2.26. The molecule has 0 N–H and O–H groups in total. The van der Waals surface area contributed by atoms with E-state index in [2.05, 4.69) is 52.9 Å². The van der Waals surface area contributed by atoms with Gasteiger partial charge in [0, 0.05) is 37.5 Å². The summed E-state index contributed by atoms with van der Waals surface area (Å²) in [5.74, 6) is 1.51. The average molecular weight is 345 g/mol. The van der Waals surface area contributed by atoms with Crippen LogP contribution in [0, 0.1) is 5.92 Å². The van der Waals surface area contributed by atoms with Gasteiger partial charge in [0.25, 0.3) is 0 Å². The summed E-state index contributed by atoms with van der Waals surface area (Å²) in [7, 11) is 0. The zero-order chi connectivity index (χ0) is 17.9. The fraction of sp³-hybridized carbons (Fsp3) is 0.750. The van der Waals surface area contributed by atoms with E-state index in [1.54, 1.807) is 0 Å². The molecule has 2 aliphatic heterocycles. The molecule has 0 saturated carbocycles. The van der Waals surface area contributed by atoms with Gasteiger partial charge < -0.3 is 9.80 Å². The number of carbonyl (C=O) groups is 1. The third-order valence-electron chi connectivity index (χ3n) is 5.50. The lowest BCUT2D eigenvalue weighted by Crippen LogP contribution is -2.43. The van der Waals surface area contributed by atoms with Crippen molar-refractivity contribution in [3.63, 3.8) is 0 Å². The van der Waals surface area contributed by atoms with Gasteiger partial charge in [0.05, 0.1) is 5.69 Å². The van der Waals surface area contributed by atoms with Gasteiger partial charge in [0.2, 0.25) is 5.91 Å². The van der Waals surface area contributed by atoms with Crippen LogP contribution in [0.15, 0.2) is 12.1 Å². The Morgan fingerprint density at radius 2 is 1.60 bits per heavy atom. The van der Waals surface area contributed by atoms with Crippen LogP contribution in [-0.2, 0) is 10.2 Å². The molecule has 1 aromatic rings. The third kappa shape index (κ3) is 4.50. The molecule has 0 aliphatic carbocycles. The van der Waals surface area contributed by atoms with Gasteiger partial charge in [-0.15, -0.1) is 5.10 Å². The summed E-state index contributed by atoms with van der Waals surface area (Å²) in [6.07, 6.45) is 6.73. The minimum atomic E-state index is 0.0259. The van der Waals surface area contributed by atoms with Gasteiger partial charge in [0.1, 0.15) is 0 Å². The van der Waals surface area contributed by atoms with Gasteiger partial charge in [-0.2, -0.15) is 5.10 Å². The minimum absolute atomic E-state index is 0.0259. The molecule has 138 valence electrons. The molecular weight excluding hydrogens is 312 g/mol. The van der Waals surface area contributed by atoms with Crippen molar-refractivity contribution in [2.45, 2.75) is 64.7 Å². The van der Waals surface area contributed by atoms with E-state index in [0.717, 1.165) is 50.5 Å². The van der Waals surface area contributed by atoms with Crippen LogP contribution >= 0.6 is 0 Å². The fourth-order valence-electron chi connectivity index (χ4n) is 3.80. The number of hydrogen-bond acceptors (Lipinski definition) is 4. The second-order valence-electron chi connectivity index (χ2n) is 8.53. The van der Waals surface area contributed by atoms with Crippen LogP contribution in [-0.4, -0.2) is 47.2 Å². The molecule has 0 unspecified atom stereocenters. The van der Waals surface area contributed by atoms with Crippen LogP contribution in [0.2, 0.25) is 0 Å². The molecule has 1 amide bonds. The molecule has 2 saturated heterocycles. The molecule has 3 rings (SSSR count). The summed E-state index contributed by atoms with van der Waals surface area (Å²) in [5.41, 5.74) is 1.04. The average Bonchev–Trinajstić information content (AvgIpc) is 2.90. The lowest BCUT2D eigenvalue weighted by Gasteiger charge is -2.34. The van der Waals surface area contributed by atoms with Crippen molar-refractivity contribution in [3.8, 4) is 0 Å². The van der Waals surface area contributed by atoms with Crippen molar-refractivity contribution in [1.82, 2.24) is 15.1 Å². The number of hydrogen-bond donors (Lipinski definition) is 0. The van der Waals surface area contributed by atoms with Gasteiger partial charge in [-0.3, -0.25) is 4.79 Å².